The van der Waals surface area contributed by atoms with E-state index >= 15 is 0 Å². The number of rotatable bonds is 7. The van der Waals surface area contributed by atoms with Crippen molar-refractivity contribution in [2.75, 3.05) is 19.6 Å². The van der Waals surface area contributed by atoms with Crippen molar-refractivity contribution in [3.05, 3.63) is 60.2 Å². The fourth-order valence-electron chi connectivity index (χ4n) is 3.36. The molecule has 2 unspecified atom stereocenters. The number of aromatic hydroxyl groups is 1. The van der Waals surface area contributed by atoms with Gasteiger partial charge in [-0.05, 0) is 62.1 Å². The van der Waals surface area contributed by atoms with Crippen LogP contribution in [0.4, 0.5) is 0 Å². The molecule has 2 atom stereocenters. The number of aliphatic hydroxyl groups is 1. The maximum atomic E-state index is 10.4. The number of benzene rings is 2. The Kier molecular flexibility index (Phi) is 6.79. The van der Waals surface area contributed by atoms with E-state index < -0.39 is 0 Å². The van der Waals surface area contributed by atoms with Gasteiger partial charge in [-0.15, -0.1) is 11.8 Å². The molecule has 1 heterocycles. The van der Waals surface area contributed by atoms with Crippen LogP contribution in [0.1, 0.15) is 24.8 Å². The molecule has 1 fully saturated rings. The quantitative estimate of drug-likeness (QED) is 0.788. The minimum Gasteiger partial charge on any atom is -0.508 e. The summed E-state index contributed by atoms with van der Waals surface area (Å²) in [5.41, 5.74) is 1.29. The van der Waals surface area contributed by atoms with E-state index in [9.17, 15) is 10.2 Å². The summed E-state index contributed by atoms with van der Waals surface area (Å²) >= 11 is 1.88. The number of thioether (sulfide) groups is 1. The average molecular weight is 358 g/mol. The SMILES string of the molecule is Oc1ccc(SC2CCCN(CC(O)CCc3ccccc3)C2)cc1. The van der Waals surface area contributed by atoms with Crippen LogP contribution in [-0.4, -0.2) is 46.1 Å². The number of likely N-dealkylation sites (tertiary alicyclic amines) is 1. The molecule has 0 saturated carbocycles. The summed E-state index contributed by atoms with van der Waals surface area (Å²) in [6, 6.07) is 17.8. The summed E-state index contributed by atoms with van der Waals surface area (Å²) in [5, 5.41) is 20.3. The molecule has 1 aliphatic heterocycles. The van der Waals surface area contributed by atoms with Crippen molar-refractivity contribution < 1.29 is 10.2 Å². The molecular weight excluding hydrogens is 330 g/mol. The normalized spacial score (nSPS) is 19.6. The minimum absolute atomic E-state index is 0.266. The minimum atomic E-state index is -0.266. The Morgan fingerprint density at radius 1 is 1.08 bits per heavy atom. The van der Waals surface area contributed by atoms with Gasteiger partial charge in [-0.25, -0.2) is 0 Å². The Hall–Kier alpha value is -1.49. The topological polar surface area (TPSA) is 43.7 Å². The van der Waals surface area contributed by atoms with Crippen LogP contribution < -0.4 is 0 Å². The van der Waals surface area contributed by atoms with Crippen molar-refractivity contribution in [3.8, 4) is 5.75 Å². The van der Waals surface area contributed by atoms with Crippen molar-refractivity contribution in [1.82, 2.24) is 4.90 Å². The van der Waals surface area contributed by atoms with Gasteiger partial charge < -0.3 is 10.2 Å². The van der Waals surface area contributed by atoms with E-state index in [2.05, 4.69) is 29.2 Å². The first kappa shape index (κ1) is 18.3. The van der Waals surface area contributed by atoms with Crippen LogP contribution in [0.5, 0.6) is 5.75 Å². The molecular formula is C21H27NO2S. The first-order valence-corrected chi connectivity index (χ1v) is 9.97. The molecule has 0 radical (unpaired) electrons. The van der Waals surface area contributed by atoms with E-state index in [4.69, 9.17) is 0 Å². The van der Waals surface area contributed by atoms with Crippen LogP contribution in [0.15, 0.2) is 59.5 Å². The van der Waals surface area contributed by atoms with Crippen molar-refractivity contribution in [2.45, 2.75) is 41.9 Å². The predicted octanol–water partition coefficient (Wildman–Crippen LogP) is 3.94. The molecule has 25 heavy (non-hydrogen) atoms. The summed E-state index contributed by atoms with van der Waals surface area (Å²) in [5.74, 6) is 0.316. The fourth-order valence-corrected chi connectivity index (χ4v) is 4.61. The summed E-state index contributed by atoms with van der Waals surface area (Å²) in [6.07, 6.45) is 3.87. The molecule has 0 spiro atoms. The second kappa shape index (κ2) is 9.27. The third-order valence-electron chi connectivity index (χ3n) is 4.68. The Labute approximate surface area is 154 Å². The third-order valence-corrected chi connectivity index (χ3v) is 5.94. The maximum Gasteiger partial charge on any atom is 0.115 e. The van der Waals surface area contributed by atoms with Crippen LogP contribution in [0.25, 0.3) is 0 Å². The zero-order valence-electron chi connectivity index (χ0n) is 14.6. The Bertz CT molecular complexity index is 632. The first-order chi connectivity index (χ1) is 12.2. The molecule has 0 aromatic heterocycles. The molecule has 1 saturated heterocycles. The largest absolute Gasteiger partial charge is 0.508 e. The lowest BCUT2D eigenvalue weighted by Gasteiger charge is -2.33. The lowest BCUT2D eigenvalue weighted by molar-refractivity contribution is 0.0964. The van der Waals surface area contributed by atoms with E-state index in [1.54, 1.807) is 12.1 Å². The van der Waals surface area contributed by atoms with Gasteiger partial charge in [0.25, 0.3) is 0 Å². The lowest BCUT2D eigenvalue weighted by Crippen LogP contribution is -2.41. The molecule has 1 aliphatic rings. The highest BCUT2D eigenvalue weighted by Crippen LogP contribution is 2.30. The summed E-state index contributed by atoms with van der Waals surface area (Å²) in [4.78, 5) is 3.60. The molecule has 3 rings (SSSR count). The van der Waals surface area contributed by atoms with Crippen LogP contribution >= 0.6 is 11.8 Å². The molecule has 134 valence electrons. The third kappa shape index (κ3) is 6.07. The van der Waals surface area contributed by atoms with E-state index in [-0.39, 0.29) is 6.10 Å². The number of aliphatic hydroxyl groups excluding tert-OH is 1. The average Bonchev–Trinajstić information content (AvgIpc) is 2.63. The van der Waals surface area contributed by atoms with Gasteiger partial charge in [-0.3, -0.25) is 4.90 Å². The number of aryl methyl sites for hydroxylation is 1. The highest BCUT2D eigenvalue weighted by Gasteiger charge is 2.22. The van der Waals surface area contributed by atoms with Crippen molar-refractivity contribution in [2.24, 2.45) is 0 Å². The van der Waals surface area contributed by atoms with Crippen molar-refractivity contribution >= 4 is 11.8 Å². The molecule has 2 N–H and O–H groups in total. The first-order valence-electron chi connectivity index (χ1n) is 9.09. The van der Waals surface area contributed by atoms with E-state index in [0.717, 1.165) is 32.5 Å². The zero-order chi connectivity index (χ0) is 17.5. The maximum absolute atomic E-state index is 10.4. The number of piperidine rings is 1. The number of hydrogen-bond acceptors (Lipinski definition) is 4. The Morgan fingerprint density at radius 2 is 1.84 bits per heavy atom. The smallest absolute Gasteiger partial charge is 0.115 e. The molecule has 0 amide bonds. The van der Waals surface area contributed by atoms with Gasteiger partial charge in [0.2, 0.25) is 0 Å². The van der Waals surface area contributed by atoms with Crippen LogP contribution in [0, 0.1) is 0 Å². The van der Waals surface area contributed by atoms with Crippen LogP contribution in [0.2, 0.25) is 0 Å². The van der Waals surface area contributed by atoms with Crippen molar-refractivity contribution in [1.29, 1.82) is 0 Å². The van der Waals surface area contributed by atoms with Gasteiger partial charge in [0.1, 0.15) is 5.75 Å². The van der Waals surface area contributed by atoms with E-state index in [1.807, 2.05) is 30.0 Å². The second-order valence-electron chi connectivity index (χ2n) is 6.81. The number of hydrogen-bond donors (Lipinski definition) is 2. The van der Waals surface area contributed by atoms with Gasteiger partial charge in [0, 0.05) is 23.2 Å². The standard InChI is InChI=1S/C21H27NO2S/c23-18-10-12-20(13-11-18)25-21-7-4-14-22(16-21)15-19(24)9-8-17-5-2-1-3-6-17/h1-3,5-6,10-13,19,21,23-24H,4,7-9,14-16H2. The Morgan fingerprint density at radius 3 is 2.60 bits per heavy atom. The van der Waals surface area contributed by atoms with E-state index in [0.29, 0.717) is 11.0 Å². The number of phenols is 1. The van der Waals surface area contributed by atoms with Gasteiger partial charge in [0.15, 0.2) is 0 Å². The second-order valence-corrected chi connectivity index (χ2v) is 8.19. The molecule has 2 aromatic carbocycles. The lowest BCUT2D eigenvalue weighted by atomic mass is 10.1. The van der Waals surface area contributed by atoms with Gasteiger partial charge >= 0.3 is 0 Å². The van der Waals surface area contributed by atoms with Crippen LogP contribution in [-0.2, 0) is 6.42 Å². The Balaban J connectivity index is 1.43. The number of β-amino-alcohol motifs (C(OH)–C–C–N with tert-alkyl or cyclic N) is 1. The van der Waals surface area contributed by atoms with Gasteiger partial charge in [-0.2, -0.15) is 0 Å². The predicted molar refractivity (Wildman–Crippen MR) is 104 cm³/mol. The number of phenolic OH excluding ortho intramolecular Hbond substituents is 1. The molecule has 2 aromatic rings. The molecule has 0 aliphatic carbocycles. The molecule has 3 nitrogen and oxygen atoms in total. The summed E-state index contributed by atoms with van der Waals surface area (Å²) in [7, 11) is 0. The zero-order valence-corrected chi connectivity index (χ0v) is 15.4. The fraction of sp³-hybridized carbons (Fsp3) is 0.429. The summed E-state index contributed by atoms with van der Waals surface area (Å²) in [6.45, 7) is 2.86. The van der Waals surface area contributed by atoms with E-state index in [1.165, 1.54) is 23.3 Å². The molecule has 4 heteroatoms. The molecule has 0 bridgehead atoms. The highest BCUT2D eigenvalue weighted by molar-refractivity contribution is 8.00. The number of nitrogens with zero attached hydrogens (tertiary/aromatic N) is 1. The monoisotopic (exact) mass is 357 g/mol. The van der Waals surface area contributed by atoms with Crippen molar-refractivity contribution in [3.63, 3.8) is 0 Å². The van der Waals surface area contributed by atoms with Crippen LogP contribution in [0.3, 0.4) is 0 Å². The van der Waals surface area contributed by atoms with Gasteiger partial charge in [0.05, 0.1) is 6.10 Å². The summed E-state index contributed by atoms with van der Waals surface area (Å²) < 4.78 is 0. The van der Waals surface area contributed by atoms with Gasteiger partial charge in [-0.1, -0.05) is 30.3 Å². The highest BCUT2D eigenvalue weighted by atomic mass is 32.2.